The minimum absolute atomic E-state index is 0.0689. The van der Waals surface area contributed by atoms with E-state index in [1.54, 1.807) is 4.90 Å². The Kier molecular flexibility index (Phi) is 4.55. The van der Waals surface area contributed by atoms with Crippen LogP contribution in [0.4, 0.5) is 16.3 Å². The zero-order valence-electron chi connectivity index (χ0n) is 18.1. The van der Waals surface area contributed by atoms with Crippen molar-refractivity contribution in [2.24, 2.45) is 5.41 Å². The van der Waals surface area contributed by atoms with Gasteiger partial charge in [0.05, 0.1) is 24.6 Å². The molecule has 1 aromatic carbocycles. The van der Waals surface area contributed by atoms with Crippen LogP contribution in [0.5, 0.6) is 0 Å². The molecule has 0 aliphatic carbocycles. The highest BCUT2D eigenvalue weighted by Crippen LogP contribution is 2.43. The van der Waals surface area contributed by atoms with Gasteiger partial charge in [-0.25, -0.2) is 14.4 Å². The normalized spacial score (nSPS) is 18.3. The summed E-state index contributed by atoms with van der Waals surface area (Å²) in [5.74, 6) is 1.71. The lowest BCUT2D eigenvalue weighted by Crippen LogP contribution is -2.73. The van der Waals surface area contributed by atoms with Crippen LogP contribution in [0.25, 0.3) is 5.69 Å². The molecule has 11 heteroatoms. The van der Waals surface area contributed by atoms with Crippen LogP contribution < -0.4 is 9.80 Å². The molecule has 9 nitrogen and oxygen atoms in total. The van der Waals surface area contributed by atoms with Gasteiger partial charge in [-0.3, -0.25) is 9.36 Å². The first-order valence-electron chi connectivity index (χ1n) is 10.9. The van der Waals surface area contributed by atoms with E-state index in [-0.39, 0.29) is 11.3 Å². The number of anilines is 2. The molecule has 2 fully saturated rings. The number of carbonyl (C=O) groups is 1. The monoisotopic (exact) mass is 468 g/mol. The third-order valence-corrected chi connectivity index (χ3v) is 6.86. The molecule has 3 aliphatic rings. The predicted molar refractivity (Wildman–Crippen MR) is 120 cm³/mol. The zero-order valence-corrected chi connectivity index (χ0v) is 18.8. The summed E-state index contributed by atoms with van der Waals surface area (Å²) in [6, 6.07) is 5.74. The Hall–Kier alpha value is -3.27. The summed E-state index contributed by atoms with van der Waals surface area (Å²) < 4.78 is 15.2. The Morgan fingerprint density at radius 1 is 1.09 bits per heavy atom. The van der Waals surface area contributed by atoms with Crippen molar-refractivity contribution in [3.63, 3.8) is 0 Å². The van der Waals surface area contributed by atoms with E-state index in [2.05, 4.69) is 34.5 Å². The molecule has 2 aromatic heterocycles. The molecule has 1 amide bonds. The number of nitrogens with zero attached hydrogens (tertiary/aromatic N) is 8. The Balaban J connectivity index is 1.25. The predicted octanol–water partition coefficient (Wildman–Crippen LogP) is 2.43. The van der Waals surface area contributed by atoms with Gasteiger partial charge in [0.1, 0.15) is 0 Å². The van der Waals surface area contributed by atoms with Crippen LogP contribution >= 0.6 is 11.6 Å². The van der Waals surface area contributed by atoms with Crippen molar-refractivity contribution >= 4 is 29.4 Å². The molecule has 0 atom stereocenters. The van der Waals surface area contributed by atoms with Crippen molar-refractivity contribution in [1.29, 1.82) is 0 Å². The fraction of sp³-hybridized carbons (Fsp3) is 0.409. The van der Waals surface area contributed by atoms with Crippen molar-refractivity contribution in [2.75, 3.05) is 36.0 Å². The minimum Gasteiger partial charge on any atom is -0.339 e. The average molecular weight is 469 g/mol. The summed E-state index contributed by atoms with van der Waals surface area (Å²) >= 11 is 6.28. The maximum Gasteiger partial charge on any atom is 0.232 e. The van der Waals surface area contributed by atoms with E-state index in [0.717, 1.165) is 49.2 Å². The van der Waals surface area contributed by atoms with E-state index in [0.29, 0.717) is 30.5 Å². The van der Waals surface area contributed by atoms with E-state index < -0.39 is 5.82 Å². The maximum absolute atomic E-state index is 13.1. The molecule has 0 saturated carbocycles. The van der Waals surface area contributed by atoms with Gasteiger partial charge < -0.3 is 14.7 Å². The molecule has 3 aromatic rings. The van der Waals surface area contributed by atoms with Crippen LogP contribution in [0, 0.1) is 11.2 Å². The van der Waals surface area contributed by atoms with Crippen molar-refractivity contribution < 1.29 is 9.18 Å². The van der Waals surface area contributed by atoms with Gasteiger partial charge in [-0.15, -0.1) is 10.2 Å². The fourth-order valence-corrected chi connectivity index (χ4v) is 5.27. The summed E-state index contributed by atoms with van der Waals surface area (Å²) in [5, 5.41) is 9.59. The number of hydrogen-bond donors (Lipinski definition) is 0. The summed E-state index contributed by atoms with van der Waals surface area (Å²) in [5.41, 5.74) is 2.07. The molecule has 0 radical (unpaired) electrons. The van der Waals surface area contributed by atoms with Crippen molar-refractivity contribution in [1.82, 2.24) is 29.6 Å². The lowest BCUT2D eigenvalue weighted by atomic mass is 9.73. The number of amides is 1. The molecule has 33 heavy (non-hydrogen) atoms. The summed E-state index contributed by atoms with van der Waals surface area (Å²) in [4.78, 5) is 26.8. The molecule has 3 aliphatic heterocycles. The standard InChI is InChI=1S/C22H22ClFN8O/c1-2-19(33)29-8-14-5-15(23)3-4-17(14)32-18(9-29)27-28-21(32)31-12-22(13-31)10-30(11-22)20-25-6-16(24)7-26-20/h3-7H,2,8-13H2,1H3. The Morgan fingerprint density at radius 3 is 2.55 bits per heavy atom. The third kappa shape index (κ3) is 3.31. The summed E-state index contributed by atoms with van der Waals surface area (Å²) in [6.45, 7) is 6.07. The van der Waals surface area contributed by atoms with Crippen molar-refractivity contribution in [2.45, 2.75) is 26.4 Å². The highest BCUT2D eigenvalue weighted by atomic mass is 35.5. The van der Waals surface area contributed by atoms with Crippen LogP contribution in [0.15, 0.2) is 30.6 Å². The summed E-state index contributed by atoms with van der Waals surface area (Å²) in [6.07, 6.45) is 2.82. The number of aromatic nitrogens is 5. The molecular formula is C22H22ClFN8O. The number of halogens is 2. The average Bonchev–Trinajstić information content (AvgIpc) is 3.07. The summed E-state index contributed by atoms with van der Waals surface area (Å²) in [7, 11) is 0. The number of benzene rings is 1. The largest absolute Gasteiger partial charge is 0.339 e. The van der Waals surface area contributed by atoms with Crippen LogP contribution in [0.3, 0.4) is 0 Å². The maximum atomic E-state index is 13.1. The number of carbonyl (C=O) groups excluding carboxylic acids is 1. The van der Waals surface area contributed by atoms with Crippen LogP contribution in [-0.2, 0) is 17.9 Å². The molecule has 170 valence electrons. The molecule has 1 spiro atoms. The quantitative estimate of drug-likeness (QED) is 0.583. The number of fused-ring (bicyclic) bond motifs is 3. The van der Waals surface area contributed by atoms with Crippen LogP contribution in [0.1, 0.15) is 24.7 Å². The fourth-order valence-electron chi connectivity index (χ4n) is 5.07. The number of rotatable bonds is 3. The van der Waals surface area contributed by atoms with Gasteiger partial charge in [0.15, 0.2) is 11.6 Å². The third-order valence-electron chi connectivity index (χ3n) is 6.62. The lowest BCUT2D eigenvalue weighted by Gasteiger charge is -2.60. The molecule has 2 saturated heterocycles. The van der Waals surface area contributed by atoms with Gasteiger partial charge in [0, 0.05) is 49.6 Å². The van der Waals surface area contributed by atoms with E-state index in [4.69, 9.17) is 11.6 Å². The first-order chi connectivity index (χ1) is 15.9. The molecular weight excluding hydrogens is 447 g/mol. The van der Waals surface area contributed by atoms with Crippen LogP contribution in [0.2, 0.25) is 5.02 Å². The molecule has 0 N–H and O–H groups in total. The first-order valence-corrected chi connectivity index (χ1v) is 11.3. The highest BCUT2D eigenvalue weighted by molar-refractivity contribution is 6.30. The molecule has 6 rings (SSSR count). The Morgan fingerprint density at radius 2 is 1.82 bits per heavy atom. The topological polar surface area (TPSA) is 83.3 Å². The second kappa shape index (κ2) is 7.38. The smallest absolute Gasteiger partial charge is 0.232 e. The van der Waals surface area contributed by atoms with Crippen LogP contribution in [-0.4, -0.2) is 61.7 Å². The van der Waals surface area contributed by atoms with Gasteiger partial charge in [-0.05, 0) is 23.8 Å². The first kappa shape index (κ1) is 20.3. The Bertz CT molecular complexity index is 1230. The van der Waals surface area contributed by atoms with E-state index in [1.165, 1.54) is 12.4 Å². The van der Waals surface area contributed by atoms with Gasteiger partial charge >= 0.3 is 0 Å². The minimum atomic E-state index is -0.433. The lowest BCUT2D eigenvalue weighted by molar-refractivity contribution is -0.132. The zero-order chi connectivity index (χ0) is 22.7. The number of hydrogen-bond acceptors (Lipinski definition) is 7. The Labute approximate surface area is 194 Å². The van der Waals surface area contributed by atoms with Crippen molar-refractivity contribution in [3.8, 4) is 5.69 Å². The van der Waals surface area contributed by atoms with E-state index >= 15 is 0 Å². The second-order valence-corrected chi connectivity index (χ2v) is 9.48. The van der Waals surface area contributed by atoms with Gasteiger partial charge in [-0.1, -0.05) is 18.5 Å². The molecule has 0 unspecified atom stereocenters. The van der Waals surface area contributed by atoms with Gasteiger partial charge in [0.25, 0.3) is 0 Å². The second-order valence-electron chi connectivity index (χ2n) is 9.04. The molecule has 5 heterocycles. The van der Waals surface area contributed by atoms with E-state index in [9.17, 15) is 9.18 Å². The SMILES string of the molecule is CCC(=O)N1Cc2cc(Cl)ccc2-n2c(nnc2N2CC3(CN(c4ncc(F)cn4)C3)C2)C1. The van der Waals surface area contributed by atoms with E-state index in [1.807, 2.05) is 25.1 Å². The van der Waals surface area contributed by atoms with Crippen molar-refractivity contribution in [3.05, 3.63) is 52.8 Å². The van der Waals surface area contributed by atoms with Gasteiger partial charge in [0.2, 0.25) is 17.8 Å². The highest BCUT2D eigenvalue weighted by Gasteiger charge is 2.54. The molecule has 0 bridgehead atoms. The van der Waals surface area contributed by atoms with Gasteiger partial charge in [-0.2, -0.15) is 0 Å².